The van der Waals surface area contributed by atoms with E-state index in [1.54, 1.807) is 12.1 Å². The van der Waals surface area contributed by atoms with Crippen LogP contribution in [0, 0.1) is 0 Å². The number of sulfonamides is 1. The summed E-state index contributed by atoms with van der Waals surface area (Å²) in [7, 11) is -3.49. The molecule has 0 saturated heterocycles. The van der Waals surface area contributed by atoms with E-state index in [-0.39, 0.29) is 16.7 Å². The number of hydrogen-bond donors (Lipinski definition) is 1. The van der Waals surface area contributed by atoms with Gasteiger partial charge in [0.15, 0.2) is 0 Å². The number of amides is 1. The monoisotopic (exact) mass is 374 g/mol. The van der Waals surface area contributed by atoms with Gasteiger partial charge in [0, 0.05) is 18.8 Å². The largest absolute Gasteiger partial charge is 0.326 e. The van der Waals surface area contributed by atoms with Gasteiger partial charge >= 0.3 is 0 Å². The summed E-state index contributed by atoms with van der Waals surface area (Å²) in [6.07, 6.45) is 0.685. The van der Waals surface area contributed by atoms with Crippen molar-refractivity contribution >= 4 is 21.6 Å². The molecule has 0 aliphatic rings. The van der Waals surface area contributed by atoms with Crippen molar-refractivity contribution in [2.24, 2.45) is 0 Å². The highest BCUT2D eigenvalue weighted by Crippen LogP contribution is 2.23. The van der Waals surface area contributed by atoms with Crippen LogP contribution < -0.4 is 5.32 Å². The zero-order chi connectivity index (χ0) is 19.2. The summed E-state index contributed by atoms with van der Waals surface area (Å²) in [6, 6.07) is 16.0. The lowest BCUT2D eigenvalue weighted by atomic mass is 9.95. The summed E-state index contributed by atoms with van der Waals surface area (Å²) in [4.78, 5) is 12.8. The Bertz CT molecular complexity index is 814. The fraction of sp³-hybridized carbons (Fsp3) is 0.350. The molecule has 2 aromatic rings. The van der Waals surface area contributed by atoms with Gasteiger partial charge in [0.1, 0.15) is 0 Å². The fourth-order valence-corrected chi connectivity index (χ4v) is 4.37. The number of carbonyl (C=O) groups is 1. The van der Waals surface area contributed by atoms with Gasteiger partial charge in [-0.15, -0.1) is 0 Å². The molecule has 1 N–H and O–H groups in total. The van der Waals surface area contributed by atoms with Crippen LogP contribution in [0.3, 0.4) is 0 Å². The molecule has 0 spiro atoms. The normalized spacial score (nSPS) is 12.8. The SMILES string of the molecule is CCC(C(=O)Nc1ccc(S(=O)(=O)N(CC)CC)cc1)c1ccccc1. The van der Waals surface area contributed by atoms with E-state index >= 15 is 0 Å². The van der Waals surface area contributed by atoms with Crippen LogP contribution in [-0.4, -0.2) is 31.7 Å². The standard InChI is InChI=1S/C20H26N2O3S/c1-4-19(16-10-8-7-9-11-16)20(23)21-17-12-14-18(15-13-17)26(24,25)22(5-2)6-3/h7-15,19H,4-6H2,1-3H3,(H,21,23). The molecule has 0 aromatic heterocycles. The van der Waals surface area contributed by atoms with E-state index in [1.807, 2.05) is 51.1 Å². The summed E-state index contributed by atoms with van der Waals surface area (Å²) in [5.74, 6) is -0.340. The molecule has 1 unspecified atom stereocenters. The highest BCUT2D eigenvalue weighted by molar-refractivity contribution is 7.89. The van der Waals surface area contributed by atoms with Crippen LogP contribution in [0.2, 0.25) is 0 Å². The lowest BCUT2D eigenvalue weighted by molar-refractivity contribution is -0.117. The van der Waals surface area contributed by atoms with E-state index in [9.17, 15) is 13.2 Å². The Hall–Kier alpha value is -2.18. The van der Waals surface area contributed by atoms with E-state index in [0.717, 1.165) is 5.56 Å². The minimum atomic E-state index is -3.49. The van der Waals surface area contributed by atoms with Crippen molar-refractivity contribution in [3.63, 3.8) is 0 Å². The van der Waals surface area contributed by atoms with Gasteiger partial charge in [-0.3, -0.25) is 4.79 Å². The van der Waals surface area contributed by atoms with E-state index in [2.05, 4.69) is 5.32 Å². The van der Waals surface area contributed by atoms with E-state index < -0.39 is 10.0 Å². The third-order valence-corrected chi connectivity index (χ3v) is 6.46. The van der Waals surface area contributed by atoms with Crippen LogP contribution in [0.25, 0.3) is 0 Å². The summed E-state index contributed by atoms with van der Waals surface area (Å²) >= 11 is 0. The third kappa shape index (κ3) is 4.51. The Labute approximate surface area is 156 Å². The number of hydrogen-bond acceptors (Lipinski definition) is 3. The fourth-order valence-electron chi connectivity index (χ4n) is 2.91. The van der Waals surface area contributed by atoms with Crippen molar-refractivity contribution in [1.82, 2.24) is 4.31 Å². The molecule has 1 atom stereocenters. The van der Waals surface area contributed by atoms with Gasteiger partial charge in [0.2, 0.25) is 15.9 Å². The number of carbonyl (C=O) groups excluding carboxylic acids is 1. The average Bonchev–Trinajstić information content (AvgIpc) is 2.64. The van der Waals surface area contributed by atoms with Crippen molar-refractivity contribution < 1.29 is 13.2 Å². The maximum absolute atomic E-state index is 12.6. The molecule has 2 rings (SSSR count). The molecule has 0 bridgehead atoms. The first-order chi connectivity index (χ1) is 12.4. The topological polar surface area (TPSA) is 66.5 Å². The van der Waals surface area contributed by atoms with Crippen LogP contribution in [0.4, 0.5) is 5.69 Å². The number of rotatable bonds is 8. The van der Waals surface area contributed by atoms with Crippen molar-refractivity contribution in [1.29, 1.82) is 0 Å². The molecule has 1 amide bonds. The molecular weight excluding hydrogens is 348 g/mol. The Balaban J connectivity index is 2.15. The summed E-state index contributed by atoms with van der Waals surface area (Å²) in [5, 5.41) is 2.88. The second-order valence-corrected chi connectivity index (χ2v) is 7.91. The van der Waals surface area contributed by atoms with Gasteiger partial charge in [0.05, 0.1) is 10.8 Å². The molecular formula is C20H26N2O3S. The second kappa shape index (κ2) is 8.96. The van der Waals surface area contributed by atoms with Crippen LogP contribution in [0.15, 0.2) is 59.5 Å². The first kappa shape index (κ1) is 20.1. The van der Waals surface area contributed by atoms with Gasteiger partial charge in [-0.05, 0) is 36.2 Å². The van der Waals surface area contributed by atoms with Crippen LogP contribution in [0.5, 0.6) is 0 Å². The molecule has 0 saturated carbocycles. The molecule has 2 aromatic carbocycles. The molecule has 0 fully saturated rings. The summed E-state index contributed by atoms with van der Waals surface area (Å²) < 4.78 is 26.4. The predicted octanol–water partition coefficient (Wildman–Crippen LogP) is 3.85. The second-order valence-electron chi connectivity index (χ2n) is 5.97. The van der Waals surface area contributed by atoms with Crippen LogP contribution in [-0.2, 0) is 14.8 Å². The zero-order valence-electron chi connectivity index (χ0n) is 15.5. The zero-order valence-corrected chi connectivity index (χ0v) is 16.3. The predicted molar refractivity (Wildman–Crippen MR) is 105 cm³/mol. The van der Waals surface area contributed by atoms with Gasteiger partial charge in [-0.25, -0.2) is 8.42 Å². The van der Waals surface area contributed by atoms with Crippen molar-refractivity contribution in [2.75, 3.05) is 18.4 Å². The average molecular weight is 375 g/mol. The molecule has 0 aliphatic carbocycles. The van der Waals surface area contributed by atoms with Gasteiger partial charge in [-0.2, -0.15) is 4.31 Å². The highest BCUT2D eigenvalue weighted by atomic mass is 32.2. The molecule has 0 aliphatic heterocycles. The van der Waals surface area contributed by atoms with E-state index in [1.165, 1.54) is 16.4 Å². The third-order valence-electron chi connectivity index (χ3n) is 4.39. The molecule has 0 radical (unpaired) electrons. The van der Waals surface area contributed by atoms with Gasteiger partial charge in [-0.1, -0.05) is 51.1 Å². The lowest BCUT2D eigenvalue weighted by Crippen LogP contribution is -2.30. The molecule has 6 heteroatoms. The smallest absolute Gasteiger partial charge is 0.243 e. The summed E-state index contributed by atoms with van der Waals surface area (Å²) in [6.45, 7) is 6.43. The summed E-state index contributed by atoms with van der Waals surface area (Å²) in [5.41, 5.74) is 1.55. The van der Waals surface area contributed by atoms with E-state index in [0.29, 0.717) is 25.2 Å². The van der Waals surface area contributed by atoms with Gasteiger partial charge in [0.25, 0.3) is 0 Å². The Morgan fingerprint density at radius 1 is 0.962 bits per heavy atom. The first-order valence-electron chi connectivity index (χ1n) is 8.90. The van der Waals surface area contributed by atoms with Crippen molar-refractivity contribution in [2.45, 2.75) is 38.0 Å². The van der Waals surface area contributed by atoms with E-state index in [4.69, 9.17) is 0 Å². The molecule has 26 heavy (non-hydrogen) atoms. The number of nitrogens with one attached hydrogen (secondary N) is 1. The Morgan fingerprint density at radius 2 is 1.54 bits per heavy atom. The minimum absolute atomic E-state index is 0.0990. The minimum Gasteiger partial charge on any atom is -0.326 e. The highest BCUT2D eigenvalue weighted by Gasteiger charge is 2.22. The molecule has 5 nitrogen and oxygen atoms in total. The van der Waals surface area contributed by atoms with Gasteiger partial charge < -0.3 is 5.32 Å². The van der Waals surface area contributed by atoms with Crippen LogP contribution >= 0.6 is 0 Å². The maximum atomic E-state index is 12.6. The number of benzene rings is 2. The Kier molecular flexibility index (Phi) is 6.94. The van der Waals surface area contributed by atoms with Crippen molar-refractivity contribution in [3.8, 4) is 0 Å². The molecule has 0 heterocycles. The molecule has 140 valence electrons. The lowest BCUT2D eigenvalue weighted by Gasteiger charge is -2.19. The maximum Gasteiger partial charge on any atom is 0.243 e. The number of anilines is 1. The Morgan fingerprint density at radius 3 is 2.04 bits per heavy atom. The van der Waals surface area contributed by atoms with Crippen molar-refractivity contribution in [3.05, 3.63) is 60.2 Å². The quantitative estimate of drug-likeness (QED) is 0.763. The van der Waals surface area contributed by atoms with Crippen LogP contribution in [0.1, 0.15) is 38.7 Å². The number of nitrogens with zero attached hydrogens (tertiary/aromatic N) is 1. The first-order valence-corrected chi connectivity index (χ1v) is 10.3.